The summed E-state index contributed by atoms with van der Waals surface area (Å²) in [5.41, 5.74) is 3.85. The van der Waals surface area contributed by atoms with Gasteiger partial charge in [-0.25, -0.2) is 0 Å². The average molecular weight is 309 g/mol. The van der Waals surface area contributed by atoms with E-state index in [9.17, 15) is 0 Å². The van der Waals surface area contributed by atoms with E-state index in [0.717, 1.165) is 31.6 Å². The van der Waals surface area contributed by atoms with E-state index in [1.165, 1.54) is 4.90 Å². The van der Waals surface area contributed by atoms with Gasteiger partial charge in [-0.15, -0.1) is 11.8 Å². The third-order valence-corrected chi connectivity index (χ3v) is 3.99. The van der Waals surface area contributed by atoms with Crippen LogP contribution in [0.1, 0.15) is 18.4 Å². The molecule has 0 saturated carbocycles. The van der Waals surface area contributed by atoms with Crippen molar-refractivity contribution in [2.75, 3.05) is 19.4 Å². The van der Waals surface area contributed by atoms with Gasteiger partial charge in [0.05, 0.1) is 12.3 Å². The van der Waals surface area contributed by atoms with Crippen molar-refractivity contribution in [3.8, 4) is 0 Å². The number of nitrogens with one attached hydrogen (secondary N) is 2. The Labute approximate surface area is 129 Å². The van der Waals surface area contributed by atoms with Crippen LogP contribution in [0.4, 0.5) is 0 Å². The molecule has 0 bridgehead atoms. The quantitative estimate of drug-likeness (QED) is 0.378. The lowest BCUT2D eigenvalue weighted by Crippen LogP contribution is -2.37. The first kappa shape index (κ1) is 15.3. The summed E-state index contributed by atoms with van der Waals surface area (Å²) in [6.45, 7) is 1.60. The van der Waals surface area contributed by atoms with E-state index in [1.807, 2.05) is 12.1 Å². The summed E-state index contributed by atoms with van der Waals surface area (Å²) in [4.78, 5) is 1.24. The van der Waals surface area contributed by atoms with E-state index >= 15 is 0 Å². The maximum atomic E-state index is 5.51. The summed E-state index contributed by atoms with van der Waals surface area (Å²) in [7, 11) is 0. The molecule has 1 aliphatic rings. The Morgan fingerprint density at radius 1 is 1.50 bits per heavy atom. The summed E-state index contributed by atoms with van der Waals surface area (Å²) in [5.74, 6) is 0. The number of hydrogen-bond acceptors (Lipinski definition) is 4. The van der Waals surface area contributed by atoms with Gasteiger partial charge >= 0.3 is 0 Å². The lowest BCUT2D eigenvalue weighted by molar-refractivity contribution is 0.114. The van der Waals surface area contributed by atoms with Crippen LogP contribution >= 0.6 is 24.0 Å². The van der Waals surface area contributed by atoms with E-state index in [4.69, 9.17) is 17.0 Å². The van der Waals surface area contributed by atoms with E-state index in [2.05, 4.69) is 34.2 Å². The maximum Gasteiger partial charge on any atom is 0.187 e. The zero-order valence-electron chi connectivity index (χ0n) is 11.5. The Bertz CT molecular complexity index is 456. The third kappa shape index (κ3) is 5.11. The molecular formula is C14H19N3OS2. The number of thioether (sulfide) groups is 1. The predicted octanol–water partition coefficient (Wildman–Crippen LogP) is 2.39. The fourth-order valence-corrected chi connectivity index (χ4v) is 2.45. The average Bonchev–Trinajstić information content (AvgIpc) is 2.99. The van der Waals surface area contributed by atoms with Gasteiger partial charge in [0.1, 0.15) is 0 Å². The van der Waals surface area contributed by atoms with Gasteiger partial charge in [0.25, 0.3) is 0 Å². The molecule has 0 aliphatic carbocycles. The van der Waals surface area contributed by atoms with Crippen LogP contribution < -0.4 is 10.7 Å². The minimum Gasteiger partial charge on any atom is -0.376 e. The summed E-state index contributed by atoms with van der Waals surface area (Å²) in [6, 6.07) is 8.19. The van der Waals surface area contributed by atoms with Gasteiger partial charge in [-0.1, -0.05) is 12.1 Å². The fraction of sp³-hybridized carbons (Fsp3) is 0.429. The SMILES string of the molecule is CSc1ccc(/C=N/NC(=S)NCC2CCCO2)cc1. The number of hydrazone groups is 1. The molecule has 2 N–H and O–H groups in total. The zero-order valence-corrected chi connectivity index (χ0v) is 13.1. The molecule has 2 rings (SSSR count). The molecule has 20 heavy (non-hydrogen) atoms. The summed E-state index contributed by atoms with van der Waals surface area (Å²) < 4.78 is 5.51. The Morgan fingerprint density at radius 2 is 2.30 bits per heavy atom. The molecule has 1 heterocycles. The molecule has 1 aromatic carbocycles. The van der Waals surface area contributed by atoms with Crippen molar-refractivity contribution in [3.05, 3.63) is 29.8 Å². The van der Waals surface area contributed by atoms with Crippen LogP contribution in [0.2, 0.25) is 0 Å². The first-order chi connectivity index (χ1) is 9.78. The molecule has 1 aromatic rings. The smallest absolute Gasteiger partial charge is 0.187 e. The van der Waals surface area contributed by atoms with E-state index < -0.39 is 0 Å². The zero-order chi connectivity index (χ0) is 14.2. The second kappa shape index (κ2) is 8.24. The third-order valence-electron chi connectivity index (χ3n) is 3.01. The molecule has 0 spiro atoms. The Balaban J connectivity index is 1.69. The van der Waals surface area contributed by atoms with E-state index in [-0.39, 0.29) is 6.10 Å². The molecule has 1 atom stereocenters. The van der Waals surface area contributed by atoms with Crippen molar-refractivity contribution in [3.63, 3.8) is 0 Å². The standard InChI is InChI=1S/C14H19N3OS2/c1-20-13-6-4-11(5-7-13)9-16-17-14(19)15-10-12-3-2-8-18-12/h4-7,9,12H,2-3,8,10H2,1H3,(H2,15,17,19)/b16-9+. The highest BCUT2D eigenvalue weighted by molar-refractivity contribution is 7.98. The van der Waals surface area contributed by atoms with Crippen LogP contribution in [-0.4, -0.2) is 36.8 Å². The summed E-state index contributed by atoms with van der Waals surface area (Å²) >= 11 is 6.87. The number of hydrogen-bond donors (Lipinski definition) is 2. The molecule has 4 nitrogen and oxygen atoms in total. The van der Waals surface area contributed by atoms with Crippen molar-refractivity contribution in [1.82, 2.24) is 10.7 Å². The Hall–Kier alpha value is -1.11. The van der Waals surface area contributed by atoms with Gasteiger partial charge in [0.2, 0.25) is 0 Å². The molecular weight excluding hydrogens is 290 g/mol. The molecule has 108 valence electrons. The van der Waals surface area contributed by atoms with Crippen LogP contribution in [0.25, 0.3) is 0 Å². The van der Waals surface area contributed by atoms with Crippen LogP contribution in [0, 0.1) is 0 Å². The maximum absolute atomic E-state index is 5.51. The molecule has 0 amide bonds. The highest BCUT2D eigenvalue weighted by Gasteiger charge is 2.14. The van der Waals surface area contributed by atoms with Gasteiger partial charge in [-0.05, 0) is 49.0 Å². The predicted molar refractivity (Wildman–Crippen MR) is 88.5 cm³/mol. The number of benzene rings is 1. The van der Waals surface area contributed by atoms with Gasteiger partial charge in [0.15, 0.2) is 5.11 Å². The van der Waals surface area contributed by atoms with Crippen LogP contribution in [0.15, 0.2) is 34.3 Å². The first-order valence-electron chi connectivity index (χ1n) is 6.60. The summed E-state index contributed by atoms with van der Waals surface area (Å²) in [6.07, 6.45) is 6.32. The second-order valence-corrected chi connectivity index (χ2v) is 5.78. The molecule has 6 heteroatoms. The van der Waals surface area contributed by atoms with Gasteiger partial charge in [-0.2, -0.15) is 5.10 Å². The Morgan fingerprint density at radius 3 is 2.95 bits per heavy atom. The normalized spacial score (nSPS) is 18.4. The van der Waals surface area contributed by atoms with Gasteiger partial charge < -0.3 is 10.1 Å². The highest BCUT2D eigenvalue weighted by Crippen LogP contribution is 2.13. The molecule has 1 saturated heterocycles. The monoisotopic (exact) mass is 309 g/mol. The molecule has 1 aliphatic heterocycles. The topological polar surface area (TPSA) is 45.7 Å². The highest BCUT2D eigenvalue weighted by atomic mass is 32.2. The lowest BCUT2D eigenvalue weighted by atomic mass is 10.2. The lowest BCUT2D eigenvalue weighted by Gasteiger charge is -2.11. The van der Waals surface area contributed by atoms with Crippen LogP contribution in [0.3, 0.4) is 0 Å². The van der Waals surface area contributed by atoms with Gasteiger partial charge in [0, 0.05) is 18.0 Å². The number of nitrogens with zero attached hydrogens (tertiary/aromatic N) is 1. The number of rotatable bonds is 5. The van der Waals surface area contributed by atoms with Crippen LogP contribution in [0.5, 0.6) is 0 Å². The molecule has 1 unspecified atom stereocenters. The van der Waals surface area contributed by atoms with E-state index in [1.54, 1.807) is 18.0 Å². The summed E-state index contributed by atoms with van der Waals surface area (Å²) in [5, 5.41) is 7.75. The van der Waals surface area contributed by atoms with Crippen molar-refractivity contribution >= 4 is 35.3 Å². The largest absolute Gasteiger partial charge is 0.376 e. The minimum absolute atomic E-state index is 0.276. The molecule has 0 radical (unpaired) electrons. The molecule has 0 aromatic heterocycles. The number of ether oxygens (including phenoxy) is 1. The van der Waals surface area contributed by atoms with Crippen molar-refractivity contribution < 1.29 is 4.74 Å². The van der Waals surface area contributed by atoms with E-state index in [0.29, 0.717) is 5.11 Å². The molecule has 1 fully saturated rings. The van der Waals surface area contributed by atoms with Crippen molar-refractivity contribution in [2.45, 2.75) is 23.8 Å². The van der Waals surface area contributed by atoms with Gasteiger partial charge in [-0.3, -0.25) is 5.43 Å². The fourth-order valence-electron chi connectivity index (χ4n) is 1.91. The number of thiocarbonyl (C=S) groups is 1. The first-order valence-corrected chi connectivity index (χ1v) is 8.24. The van der Waals surface area contributed by atoms with Crippen molar-refractivity contribution in [1.29, 1.82) is 0 Å². The van der Waals surface area contributed by atoms with Crippen molar-refractivity contribution in [2.24, 2.45) is 5.10 Å². The minimum atomic E-state index is 0.276. The second-order valence-electron chi connectivity index (χ2n) is 4.49. The van der Waals surface area contributed by atoms with Crippen LogP contribution in [-0.2, 0) is 4.74 Å². The Kier molecular flexibility index (Phi) is 6.29.